The van der Waals surface area contributed by atoms with Gasteiger partial charge in [-0.05, 0) is 24.0 Å². The molecule has 108 valence electrons. The summed E-state index contributed by atoms with van der Waals surface area (Å²) in [6.45, 7) is 2.81. The Hall–Kier alpha value is -1.62. The number of carbonyl (C=O) groups excluding carboxylic acids is 1. The first kappa shape index (κ1) is 14.8. The summed E-state index contributed by atoms with van der Waals surface area (Å²) in [6, 6.07) is 7.73. The second-order valence-electron chi connectivity index (χ2n) is 4.47. The molecule has 1 aromatic carbocycles. The van der Waals surface area contributed by atoms with Crippen LogP contribution < -0.4 is 10.1 Å². The highest BCUT2D eigenvalue weighted by molar-refractivity contribution is 7.99. The van der Waals surface area contributed by atoms with Crippen molar-refractivity contribution in [1.29, 1.82) is 0 Å². The van der Waals surface area contributed by atoms with Gasteiger partial charge in [0.1, 0.15) is 11.4 Å². The smallest absolute Gasteiger partial charge is 0.267 e. The third kappa shape index (κ3) is 3.10. The molecule has 0 saturated carbocycles. The van der Waals surface area contributed by atoms with E-state index in [0.717, 1.165) is 28.2 Å². The molecule has 5 heteroatoms. The van der Waals surface area contributed by atoms with Gasteiger partial charge in [-0.1, -0.05) is 6.92 Å². The number of nitrogens with zero attached hydrogens (tertiary/aromatic N) is 1. The van der Waals surface area contributed by atoms with E-state index in [1.807, 2.05) is 47.6 Å². The molecule has 0 fully saturated rings. The number of hydrogen-bond acceptors (Lipinski definition) is 3. The van der Waals surface area contributed by atoms with Crippen molar-refractivity contribution >= 4 is 28.6 Å². The van der Waals surface area contributed by atoms with Crippen molar-refractivity contribution in [2.24, 2.45) is 7.05 Å². The van der Waals surface area contributed by atoms with Gasteiger partial charge in [-0.15, -0.1) is 0 Å². The van der Waals surface area contributed by atoms with E-state index in [1.54, 1.807) is 7.11 Å². The van der Waals surface area contributed by atoms with Crippen LogP contribution in [0.5, 0.6) is 5.75 Å². The van der Waals surface area contributed by atoms with E-state index in [-0.39, 0.29) is 5.91 Å². The number of thioether (sulfide) groups is 1. The summed E-state index contributed by atoms with van der Waals surface area (Å²) < 4.78 is 7.13. The number of ether oxygens (including phenoxy) is 1. The minimum atomic E-state index is -0.0284. The van der Waals surface area contributed by atoms with E-state index in [1.165, 1.54) is 0 Å². The van der Waals surface area contributed by atoms with Crippen molar-refractivity contribution in [2.75, 3.05) is 25.2 Å². The number of rotatable bonds is 6. The van der Waals surface area contributed by atoms with Gasteiger partial charge < -0.3 is 14.6 Å². The minimum Gasteiger partial charge on any atom is -0.497 e. The average molecular weight is 292 g/mol. The van der Waals surface area contributed by atoms with Gasteiger partial charge in [-0.2, -0.15) is 11.8 Å². The Morgan fingerprint density at radius 1 is 1.40 bits per heavy atom. The van der Waals surface area contributed by atoms with E-state index in [2.05, 4.69) is 12.2 Å². The fourth-order valence-electron chi connectivity index (χ4n) is 2.13. The number of benzene rings is 1. The fourth-order valence-corrected chi connectivity index (χ4v) is 2.66. The van der Waals surface area contributed by atoms with Crippen LogP contribution in [0.1, 0.15) is 17.4 Å². The lowest BCUT2D eigenvalue weighted by Gasteiger charge is -2.06. The standard InChI is InChI=1S/C15H20N2O2S/c1-4-20-8-7-16-15(18)14-9-11-5-6-12(19-3)10-13(11)17(14)2/h5-6,9-10H,4,7-8H2,1-3H3,(H,16,18). The molecule has 0 unspecified atom stereocenters. The quantitative estimate of drug-likeness (QED) is 0.832. The summed E-state index contributed by atoms with van der Waals surface area (Å²) >= 11 is 1.82. The number of methoxy groups -OCH3 is 1. The number of fused-ring (bicyclic) bond motifs is 1. The highest BCUT2D eigenvalue weighted by Crippen LogP contribution is 2.23. The molecule has 20 heavy (non-hydrogen) atoms. The molecule has 1 amide bonds. The number of aromatic nitrogens is 1. The van der Waals surface area contributed by atoms with Crippen molar-refractivity contribution in [3.8, 4) is 5.75 Å². The lowest BCUT2D eigenvalue weighted by atomic mass is 10.2. The van der Waals surface area contributed by atoms with Crippen LogP contribution in [0.25, 0.3) is 10.9 Å². The third-order valence-corrected chi connectivity index (χ3v) is 4.12. The van der Waals surface area contributed by atoms with Crippen LogP contribution in [-0.2, 0) is 7.05 Å². The maximum atomic E-state index is 12.2. The summed E-state index contributed by atoms with van der Waals surface area (Å²) in [5.41, 5.74) is 1.67. The number of nitrogens with one attached hydrogen (secondary N) is 1. The Bertz CT molecular complexity index is 607. The second-order valence-corrected chi connectivity index (χ2v) is 5.86. The van der Waals surface area contributed by atoms with Gasteiger partial charge in [-0.3, -0.25) is 4.79 Å². The van der Waals surface area contributed by atoms with E-state index in [0.29, 0.717) is 12.2 Å². The van der Waals surface area contributed by atoms with Gasteiger partial charge >= 0.3 is 0 Å². The van der Waals surface area contributed by atoms with Crippen LogP contribution in [-0.4, -0.2) is 35.6 Å². The van der Waals surface area contributed by atoms with Crippen molar-refractivity contribution in [1.82, 2.24) is 9.88 Å². The molecular weight excluding hydrogens is 272 g/mol. The summed E-state index contributed by atoms with van der Waals surface area (Å²) in [5.74, 6) is 2.79. The molecule has 1 aromatic heterocycles. The zero-order valence-corrected chi connectivity index (χ0v) is 12.9. The van der Waals surface area contributed by atoms with E-state index >= 15 is 0 Å². The Morgan fingerprint density at radius 3 is 2.90 bits per heavy atom. The molecule has 4 nitrogen and oxygen atoms in total. The molecule has 0 atom stereocenters. The molecule has 0 bridgehead atoms. The first-order valence-electron chi connectivity index (χ1n) is 6.66. The number of hydrogen-bond donors (Lipinski definition) is 1. The van der Waals surface area contributed by atoms with Crippen LogP contribution in [0.15, 0.2) is 24.3 Å². The minimum absolute atomic E-state index is 0.0284. The highest BCUT2D eigenvalue weighted by Gasteiger charge is 2.13. The first-order chi connectivity index (χ1) is 9.67. The van der Waals surface area contributed by atoms with Gasteiger partial charge in [0, 0.05) is 30.8 Å². The summed E-state index contributed by atoms with van der Waals surface area (Å²) in [7, 11) is 3.54. The van der Waals surface area contributed by atoms with Crippen molar-refractivity contribution < 1.29 is 9.53 Å². The average Bonchev–Trinajstić information content (AvgIpc) is 2.80. The topological polar surface area (TPSA) is 43.3 Å². The van der Waals surface area contributed by atoms with Crippen LogP contribution in [0.3, 0.4) is 0 Å². The number of carbonyl (C=O) groups is 1. The predicted molar refractivity (Wildman–Crippen MR) is 84.8 cm³/mol. The van der Waals surface area contributed by atoms with Crippen molar-refractivity contribution in [3.05, 3.63) is 30.0 Å². The zero-order chi connectivity index (χ0) is 14.5. The van der Waals surface area contributed by atoms with Crippen LogP contribution in [0.4, 0.5) is 0 Å². The van der Waals surface area contributed by atoms with Gasteiger partial charge in [0.25, 0.3) is 5.91 Å². The Morgan fingerprint density at radius 2 is 2.20 bits per heavy atom. The van der Waals surface area contributed by atoms with Crippen LogP contribution in [0.2, 0.25) is 0 Å². The summed E-state index contributed by atoms with van der Waals surface area (Å²) in [4.78, 5) is 12.2. The van der Waals surface area contributed by atoms with E-state index < -0.39 is 0 Å². The molecule has 0 aliphatic rings. The molecule has 0 aliphatic carbocycles. The molecule has 2 rings (SSSR count). The molecule has 0 aliphatic heterocycles. The number of aryl methyl sites for hydroxylation is 1. The van der Waals surface area contributed by atoms with E-state index in [4.69, 9.17) is 4.74 Å². The molecule has 1 N–H and O–H groups in total. The SMILES string of the molecule is CCSCCNC(=O)c1cc2ccc(OC)cc2n1C. The fraction of sp³-hybridized carbons (Fsp3) is 0.400. The maximum absolute atomic E-state index is 12.2. The third-order valence-electron chi connectivity index (χ3n) is 3.22. The molecule has 0 radical (unpaired) electrons. The second kappa shape index (κ2) is 6.70. The van der Waals surface area contributed by atoms with Gasteiger partial charge in [-0.25, -0.2) is 0 Å². The van der Waals surface area contributed by atoms with Crippen LogP contribution >= 0.6 is 11.8 Å². The Labute approximate surface area is 123 Å². The largest absolute Gasteiger partial charge is 0.497 e. The monoisotopic (exact) mass is 292 g/mol. The Balaban J connectivity index is 2.17. The summed E-state index contributed by atoms with van der Waals surface area (Å²) in [6.07, 6.45) is 0. The molecule has 0 saturated heterocycles. The lowest BCUT2D eigenvalue weighted by Crippen LogP contribution is -2.27. The normalized spacial score (nSPS) is 10.8. The van der Waals surface area contributed by atoms with Crippen molar-refractivity contribution in [2.45, 2.75) is 6.92 Å². The van der Waals surface area contributed by atoms with Gasteiger partial charge in [0.2, 0.25) is 0 Å². The van der Waals surface area contributed by atoms with Crippen molar-refractivity contribution in [3.63, 3.8) is 0 Å². The predicted octanol–water partition coefficient (Wildman–Crippen LogP) is 2.67. The number of amides is 1. The maximum Gasteiger partial charge on any atom is 0.267 e. The summed E-state index contributed by atoms with van der Waals surface area (Å²) in [5, 5.41) is 4.00. The van der Waals surface area contributed by atoms with Gasteiger partial charge in [0.05, 0.1) is 12.6 Å². The molecule has 1 heterocycles. The lowest BCUT2D eigenvalue weighted by molar-refractivity contribution is 0.0948. The molecular formula is C15H20N2O2S. The highest BCUT2D eigenvalue weighted by atomic mass is 32.2. The van der Waals surface area contributed by atoms with Gasteiger partial charge in [0.15, 0.2) is 0 Å². The first-order valence-corrected chi connectivity index (χ1v) is 7.82. The van der Waals surface area contributed by atoms with E-state index in [9.17, 15) is 4.79 Å². The molecule has 2 aromatic rings. The molecule has 0 spiro atoms. The zero-order valence-electron chi connectivity index (χ0n) is 12.1. The van der Waals surface area contributed by atoms with Crippen LogP contribution in [0, 0.1) is 0 Å². The Kier molecular flexibility index (Phi) is 4.95.